The van der Waals surface area contributed by atoms with Crippen LogP contribution in [-0.4, -0.2) is 24.8 Å². The summed E-state index contributed by atoms with van der Waals surface area (Å²) in [5.41, 5.74) is 10.6. The Morgan fingerprint density at radius 2 is 0.671 bits per heavy atom. The lowest BCUT2D eigenvalue weighted by Gasteiger charge is -2.36. The molecule has 3 unspecified atom stereocenters. The monoisotopic (exact) mass is 1090 g/mol. The summed E-state index contributed by atoms with van der Waals surface area (Å²) < 4.78 is 7.14. The molecule has 3 aliphatic rings. The number of carbonyl (C=O) groups excluding carboxylic acids is 3. The van der Waals surface area contributed by atoms with Gasteiger partial charge in [-0.05, 0) is 128 Å². The van der Waals surface area contributed by atoms with Crippen LogP contribution in [0.15, 0.2) is 171 Å². The number of carbonyl (C=O) groups is 3. The Bertz CT molecular complexity index is 3160. The van der Waals surface area contributed by atoms with Crippen LogP contribution in [0.25, 0.3) is 16.7 Å². The number of halogens is 2. The Hall–Kier alpha value is -7.82. The van der Waals surface area contributed by atoms with Gasteiger partial charge in [0.1, 0.15) is 40.7 Å². The second-order valence-electron chi connectivity index (χ2n) is 19.1. The summed E-state index contributed by atoms with van der Waals surface area (Å²) in [6.07, 6.45) is 1.70. The summed E-state index contributed by atoms with van der Waals surface area (Å²) in [6, 6.07) is 53.5. The highest BCUT2D eigenvalue weighted by Gasteiger charge is 2.40. The lowest BCUT2D eigenvalue weighted by molar-refractivity contribution is -0.120. The zero-order valence-corrected chi connectivity index (χ0v) is 44.9. The second-order valence-corrected chi connectivity index (χ2v) is 21.0. The van der Waals surface area contributed by atoms with E-state index in [-0.39, 0.29) is 34.4 Å². The summed E-state index contributed by atoms with van der Waals surface area (Å²) in [5, 5.41) is 37.4. The molecule has 0 aliphatic carbocycles. The molecule has 9 rings (SSSR count). The number of nitriles is 3. The van der Waals surface area contributed by atoms with Crippen LogP contribution in [0.2, 0.25) is 0 Å². The number of hydrogen-bond donors (Lipinski definition) is 3. The summed E-state index contributed by atoms with van der Waals surface area (Å²) >= 11 is 6.85. The van der Waals surface area contributed by atoms with Gasteiger partial charge < -0.3 is 20.7 Å². The number of rotatable bonds is 7. The number of ether oxygens (including phenoxy) is 1. The molecular weight excluding hydrogens is 1040 g/mol. The van der Waals surface area contributed by atoms with E-state index in [1.807, 2.05) is 187 Å². The first-order valence-electron chi connectivity index (χ1n) is 23.6. The molecule has 0 aromatic heterocycles. The van der Waals surface area contributed by atoms with Gasteiger partial charge in [0.15, 0.2) is 0 Å². The van der Waals surface area contributed by atoms with Gasteiger partial charge in [-0.2, -0.15) is 15.8 Å². The fraction of sp³-hybridized carbons (Fsp3) is 0.213. The van der Waals surface area contributed by atoms with E-state index in [1.165, 1.54) is 5.56 Å². The minimum atomic E-state index is -0.555. The largest absolute Gasteiger partial charge is 0.497 e. The van der Waals surface area contributed by atoms with Crippen LogP contribution in [0, 0.1) is 54.8 Å². The van der Waals surface area contributed by atoms with Crippen molar-refractivity contribution in [3.63, 3.8) is 0 Å². The van der Waals surface area contributed by atoms with E-state index in [4.69, 9.17) is 4.74 Å². The zero-order valence-electron chi connectivity index (χ0n) is 41.7. The minimum absolute atomic E-state index is 0.176. The minimum Gasteiger partial charge on any atom is -0.497 e. The van der Waals surface area contributed by atoms with Gasteiger partial charge in [0, 0.05) is 28.2 Å². The number of hydrogen-bond acceptors (Lipinski definition) is 7. The van der Waals surface area contributed by atoms with Crippen molar-refractivity contribution in [1.29, 1.82) is 15.8 Å². The second kappa shape index (κ2) is 22.3. The summed E-state index contributed by atoms with van der Waals surface area (Å²) in [5.74, 6) is -0.221. The van der Waals surface area contributed by atoms with Crippen molar-refractivity contribution in [2.45, 2.75) is 77.4 Å². The van der Waals surface area contributed by atoms with Crippen LogP contribution >= 0.6 is 31.9 Å². The van der Waals surface area contributed by atoms with Gasteiger partial charge >= 0.3 is 0 Å². The first kappa shape index (κ1) is 53.0. The molecule has 12 heteroatoms. The molecule has 6 aromatic carbocycles. The van der Waals surface area contributed by atoms with Gasteiger partial charge in [0.05, 0.1) is 23.7 Å². The van der Waals surface area contributed by atoms with Crippen molar-refractivity contribution >= 4 is 66.3 Å². The maximum absolute atomic E-state index is 12.6. The Kier molecular flexibility index (Phi) is 16.2. The predicted molar refractivity (Wildman–Crippen MR) is 293 cm³/mol. The van der Waals surface area contributed by atoms with E-state index in [2.05, 4.69) is 66.0 Å². The van der Waals surface area contributed by atoms with Crippen molar-refractivity contribution < 1.29 is 19.1 Å². The van der Waals surface area contributed by atoms with E-state index in [1.54, 1.807) is 7.11 Å². The van der Waals surface area contributed by atoms with Crippen LogP contribution < -0.4 is 20.7 Å². The molecule has 3 amide bonds. The molecular formula is C61H54Br2N6O4. The lowest BCUT2D eigenvalue weighted by Crippen LogP contribution is -2.47. The predicted octanol–water partition coefficient (Wildman–Crippen LogP) is 12.7. The molecule has 3 aliphatic heterocycles. The average molecular weight is 1090 g/mol. The number of aryl methyl sites for hydroxylation is 3. The fourth-order valence-electron chi connectivity index (χ4n) is 9.28. The summed E-state index contributed by atoms with van der Waals surface area (Å²) in [7, 11) is 1.61. The molecule has 3 heterocycles. The van der Waals surface area contributed by atoms with E-state index in [0.29, 0.717) is 19.3 Å². The molecule has 0 saturated heterocycles. The number of benzene rings is 6. The smallest absolute Gasteiger partial charge is 0.262 e. The number of nitrogens with zero attached hydrogens (tertiary/aromatic N) is 3. The van der Waals surface area contributed by atoms with Gasteiger partial charge in [-0.25, -0.2) is 0 Å². The molecule has 0 radical (unpaired) electrons. The SMILES string of the molecule is CC1(c2ccc(Br)cc2)CC(c2ccc(Br)cc2)=C(C#N)C(=O)N1.COc1ccc(C2=C(C#N)C(=O)NC(C)(c3ccc(C)cc3)C2)cc1.Cc1ccc(C2=C(C#N)C(=O)NC(C)(c3ccc(C)cc3)C2)cc1. The molecule has 10 nitrogen and oxygen atoms in total. The topological polar surface area (TPSA) is 168 Å². The van der Waals surface area contributed by atoms with Crippen LogP contribution in [0.4, 0.5) is 0 Å². The number of amides is 3. The maximum atomic E-state index is 12.6. The molecule has 0 spiro atoms. The first-order chi connectivity index (χ1) is 34.8. The van der Waals surface area contributed by atoms with Gasteiger partial charge in [-0.1, -0.05) is 158 Å². The van der Waals surface area contributed by atoms with Crippen LogP contribution in [-0.2, 0) is 31.0 Å². The van der Waals surface area contributed by atoms with Crippen LogP contribution in [0.3, 0.4) is 0 Å². The third kappa shape index (κ3) is 11.9. The molecule has 0 bridgehead atoms. The van der Waals surface area contributed by atoms with Gasteiger partial charge in [0.25, 0.3) is 17.7 Å². The van der Waals surface area contributed by atoms with E-state index in [9.17, 15) is 30.2 Å². The first-order valence-corrected chi connectivity index (χ1v) is 25.2. The Morgan fingerprint density at radius 3 is 0.959 bits per heavy atom. The molecule has 73 heavy (non-hydrogen) atoms. The fourth-order valence-corrected chi connectivity index (χ4v) is 9.81. The highest BCUT2D eigenvalue weighted by molar-refractivity contribution is 9.10. The van der Waals surface area contributed by atoms with Crippen molar-refractivity contribution in [3.05, 3.63) is 221 Å². The van der Waals surface area contributed by atoms with E-state index < -0.39 is 16.6 Å². The molecule has 3 N–H and O–H groups in total. The van der Waals surface area contributed by atoms with Crippen molar-refractivity contribution in [2.24, 2.45) is 0 Å². The van der Waals surface area contributed by atoms with Gasteiger partial charge in [-0.15, -0.1) is 0 Å². The van der Waals surface area contributed by atoms with Crippen molar-refractivity contribution in [1.82, 2.24) is 16.0 Å². The molecule has 6 aromatic rings. The standard InChI is InChI=1S/C21H20N2O2.C21H20N2O.C19H14Br2N2O/c1-14-4-8-16(9-5-14)21(2)12-18(19(13-22)20(24)23-21)15-6-10-17(25-3)11-7-15;1-14-4-8-16(9-5-14)18-12-21(3,23-20(24)19(18)13-22)17-10-6-15(2)7-11-17;1-19(13-4-8-15(21)9-5-13)10-16(17(11-22)18(24)23-19)12-2-6-14(20)7-3-12/h4-11H,12H2,1-3H3,(H,23,24);4-11H,12H2,1-3H3,(H,23,24);2-9H,10H2,1H3,(H,23,24). The normalized spacial score (nSPS) is 20.3. The third-order valence-electron chi connectivity index (χ3n) is 13.6. The molecule has 3 atom stereocenters. The third-order valence-corrected chi connectivity index (χ3v) is 14.6. The Labute approximate surface area is 444 Å². The Balaban J connectivity index is 0.000000160. The number of methoxy groups -OCH3 is 1. The van der Waals surface area contributed by atoms with Crippen LogP contribution in [0.5, 0.6) is 5.75 Å². The Morgan fingerprint density at radius 1 is 0.425 bits per heavy atom. The van der Waals surface area contributed by atoms with E-state index >= 15 is 0 Å². The van der Waals surface area contributed by atoms with Crippen molar-refractivity contribution in [2.75, 3.05) is 7.11 Å². The van der Waals surface area contributed by atoms with Gasteiger partial charge in [0.2, 0.25) is 0 Å². The molecule has 0 saturated carbocycles. The maximum Gasteiger partial charge on any atom is 0.262 e. The summed E-state index contributed by atoms with van der Waals surface area (Å²) in [6.45, 7) is 12.1. The van der Waals surface area contributed by atoms with Crippen molar-refractivity contribution in [3.8, 4) is 24.0 Å². The zero-order chi connectivity index (χ0) is 52.7. The average Bonchev–Trinajstić information content (AvgIpc) is 3.37. The highest BCUT2D eigenvalue weighted by atomic mass is 79.9. The highest BCUT2D eigenvalue weighted by Crippen LogP contribution is 2.41. The number of nitrogens with one attached hydrogen (secondary N) is 3. The molecule has 0 fully saturated rings. The molecule has 366 valence electrons. The quantitative estimate of drug-likeness (QED) is 0.143. The van der Waals surface area contributed by atoms with Crippen LogP contribution in [0.1, 0.15) is 90.1 Å². The lowest BCUT2D eigenvalue weighted by atomic mass is 9.78. The van der Waals surface area contributed by atoms with Gasteiger partial charge in [-0.3, -0.25) is 14.4 Å². The summed E-state index contributed by atoms with van der Waals surface area (Å²) in [4.78, 5) is 37.6. The van der Waals surface area contributed by atoms with E-state index in [0.717, 1.165) is 75.9 Å².